The van der Waals surface area contributed by atoms with Crippen LogP contribution < -0.4 is 9.64 Å². The van der Waals surface area contributed by atoms with Crippen molar-refractivity contribution in [3.8, 4) is 5.75 Å². The average molecular weight is 519 g/mol. The van der Waals surface area contributed by atoms with Gasteiger partial charge in [0.15, 0.2) is 4.32 Å². The predicted octanol–water partition coefficient (Wildman–Crippen LogP) is 7.70. The fourth-order valence-electron chi connectivity index (χ4n) is 3.11. The Labute approximate surface area is 210 Å². The van der Waals surface area contributed by atoms with E-state index in [0.29, 0.717) is 25.0 Å². The molecule has 3 nitrogen and oxygen atoms in total. The van der Waals surface area contributed by atoms with Crippen LogP contribution in [0.5, 0.6) is 5.75 Å². The molecule has 0 saturated carbocycles. The fraction of sp³-hybridized carbons (Fsp3) is 0.0833. The first-order chi connectivity index (χ1) is 15.5. The van der Waals surface area contributed by atoms with Crippen molar-refractivity contribution < 1.29 is 9.53 Å². The molecule has 8 heteroatoms. The predicted molar refractivity (Wildman–Crippen MR) is 141 cm³/mol. The van der Waals surface area contributed by atoms with Gasteiger partial charge in [-0.3, -0.25) is 9.69 Å². The molecule has 1 heterocycles. The van der Waals surface area contributed by atoms with Gasteiger partial charge in [0.25, 0.3) is 5.91 Å². The van der Waals surface area contributed by atoms with Gasteiger partial charge in [-0.25, -0.2) is 0 Å². The van der Waals surface area contributed by atoms with Gasteiger partial charge in [0.05, 0.1) is 10.6 Å². The molecule has 162 valence electrons. The lowest BCUT2D eigenvalue weighted by molar-refractivity contribution is -0.113. The number of hydrogen-bond donors (Lipinski definition) is 0. The van der Waals surface area contributed by atoms with Gasteiger partial charge in [-0.1, -0.05) is 77.5 Å². The van der Waals surface area contributed by atoms with Crippen LogP contribution in [0.15, 0.2) is 76.5 Å². The maximum Gasteiger partial charge on any atom is 0.270 e. The smallest absolute Gasteiger partial charge is 0.270 e. The number of hydrogen-bond acceptors (Lipinski definition) is 5. The van der Waals surface area contributed by atoms with Crippen molar-refractivity contribution >= 4 is 80.9 Å². The largest absolute Gasteiger partial charge is 0.488 e. The minimum absolute atomic E-state index is 0.145. The number of carbonyl (C=O) groups is 1. The molecule has 0 aliphatic carbocycles. The van der Waals surface area contributed by atoms with E-state index in [2.05, 4.69) is 0 Å². The third-order valence-electron chi connectivity index (χ3n) is 4.71. The zero-order chi connectivity index (χ0) is 22.7. The summed E-state index contributed by atoms with van der Waals surface area (Å²) in [6.07, 6.45) is 3.81. The summed E-state index contributed by atoms with van der Waals surface area (Å²) in [5, 5.41) is 1.12. The highest BCUT2D eigenvalue weighted by atomic mass is 35.5. The monoisotopic (exact) mass is 517 g/mol. The maximum absolute atomic E-state index is 13.2. The van der Waals surface area contributed by atoms with Crippen LogP contribution in [0.4, 0.5) is 5.69 Å². The first-order valence-electron chi connectivity index (χ1n) is 9.54. The first kappa shape index (κ1) is 23.2. The van der Waals surface area contributed by atoms with Crippen LogP contribution in [0, 0.1) is 0 Å². The average Bonchev–Trinajstić information content (AvgIpc) is 3.07. The Morgan fingerprint density at radius 2 is 1.91 bits per heavy atom. The number of carbonyl (C=O) groups excluding carboxylic acids is 1. The summed E-state index contributed by atoms with van der Waals surface area (Å²) < 4.78 is 6.52. The molecule has 1 saturated heterocycles. The Morgan fingerprint density at radius 3 is 2.69 bits per heavy atom. The molecule has 0 unspecified atom stereocenters. The number of thiocarbonyl (C=S) groups is 1. The highest BCUT2D eigenvalue weighted by molar-refractivity contribution is 8.27. The third kappa shape index (κ3) is 5.16. The van der Waals surface area contributed by atoms with E-state index in [0.717, 1.165) is 21.7 Å². The SMILES string of the molecule is CSc1cccc(N2C(=O)/C(=C\c3ccccc3OCc3ccc(Cl)cc3Cl)SC2=S)c1. The van der Waals surface area contributed by atoms with Crippen LogP contribution in [0.3, 0.4) is 0 Å². The van der Waals surface area contributed by atoms with E-state index < -0.39 is 0 Å². The van der Waals surface area contributed by atoms with Gasteiger partial charge in [-0.05, 0) is 48.7 Å². The lowest BCUT2D eigenvalue weighted by Crippen LogP contribution is -2.27. The van der Waals surface area contributed by atoms with Gasteiger partial charge in [-0.15, -0.1) is 11.8 Å². The molecule has 1 aliphatic heterocycles. The molecule has 0 aromatic heterocycles. The van der Waals surface area contributed by atoms with E-state index in [1.807, 2.05) is 66.9 Å². The van der Waals surface area contributed by atoms with Crippen molar-refractivity contribution in [1.82, 2.24) is 0 Å². The summed E-state index contributed by atoms with van der Waals surface area (Å²) >= 11 is 20.6. The summed E-state index contributed by atoms with van der Waals surface area (Å²) in [6, 6.07) is 20.6. The molecule has 0 bridgehead atoms. The second kappa shape index (κ2) is 10.3. The molecule has 1 aliphatic rings. The highest BCUT2D eigenvalue weighted by Gasteiger charge is 2.33. The number of ether oxygens (including phenoxy) is 1. The van der Waals surface area contributed by atoms with Crippen LogP contribution in [0.25, 0.3) is 6.08 Å². The lowest BCUT2D eigenvalue weighted by atomic mass is 10.1. The number of nitrogens with zero attached hydrogens (tertiary/aromatic N) is 1. The number of halogens is 2. The maximum atomic E-state index is 13.2. The van der Waals surface area contributed by atoms with E-state index in [-0.39, 0.29) is 12.5 Å². The van der Waals surface area contributed by atoms with Crippen molar-refractivity contribution in [1.29, 1.82) is 0 Å². The Kier molecular flexibility index (Phi) is 7.48. The molecule has 3 aromatic rings. The van der Waals surface area contributed by atoms with Gasteiger partial charge < -0.3 is 4.74 Å². The molecule has 3 aromatic carbocycles. The topological polar surface area (TPSA) is 29.5 Å². The van der Waals surface area contributed by atoms with Crippen molar-refractivity contribution in [2.45, 2.75) is 11.5 Å². The number of para-hydroxylation sites is 1. The van der Waals surface area contributed by atoms with Crippen molar-refractivity contribution in [2.75, 3.05) is 11.2 Å². The molecule has 1 amide bonds. The second-order valence-electron chi connectivity index (χ2n) is 6.78. The van der Waals surface area contributed by atoms with E-state index in [1.54, 1.807) is 28.8 Å². The third-order valence-corrected chi connectivity index (χ3v) is 7.32. The van der Waals surface area contributed by atoms with Gasteiger partial charge in [0.2, 0.25) is 0 Å². The summed E-state index contributed by atoms with van der Waals surface area (Å²) in [6.45, 7) is 0.281. The highest BCUT2D eigenvalue weighted by Crippen LogP contribution is 2.38. The Morgan fingerprint density at radius 1 is 1.09 bits per heavy atom. The van der Waals surface area contributed by atoms with Gasteiger partial charge in [0.1, 0.15) is 12.4 Å². The quantitative estimate of drug-likeness (QED) is 0.190. The number of amides is 1. The molecular formula is C24H17Cl2NO2S3. The van der Waals surface area contributed by atoms with E-state index in [1.165, 1.54) is 11.8 Å². The number of thioether (sulfide) groups is 2. The van der Waals surface area contributed by atoms with Crippen molar-refractivity contribution in [2.24, 2.45) is 0 Å². The summed E-state index contributed by atoms with van der Waals surface area (Å²) in [5.74, 6) is 0.502. The minimum Gasteiger partial charge on any atom is -0.488 e. The molecule has 1 fully saturated rings. The van der Waals surface area contributed by atoms with E-state index in [9.17, 15) is 4.79 Å². The zero-order valence-corrected chi connectivity index (χ0v) is 20.8. The normalized spacial score (nSPS) is 15.0. The number of benzene rings is 3. The van der Waals surface area contributed by atoms with Crippen LogP contribution in [0.2, 0.25) is 10.0 Å². The molecular weight excluding hydrogens is 501 g/mol. The number of anilines is 1. The van der Waals surface area contributed by atoms with Crippen LogP contribution in [-0.2, 0) is 11.4 Å². The summed E-state index contributed by atoms with van der Waals surface area (Å²) in [4.78, 5) is 16.3. The molecule has 0 atom stereocenters. The van der Waals surface area contributed by atoms with Crippen LogP contribution in [0.1, 0.15) is 11.1 Å². The molecule has 0 N–H and O–H groups in total. The second-order valence-corrected chi connectivity index (χ2v) is 10.2. The summed E-state index contributed by atoms with van der Waals surface area (Å²) in [7, 11) is 0. The van der Waals surface area contributed by atoms with Gasteiger partial charge in [0, 0.05) is 26.1 Å². The van der Waals surface area contributed by atoms with Crippen molar-refractivity contribution in [3.05, 3.63) is 92.8 Å². The van der Waals surface area contributed by atoms with E-state index in [4.69, 9.17) is 40.2 Å². The first-order valence-corrected chi connectivity index (χ1v) is 12.7. The fourth-order valence-corrected chi connectivity index (χ4v) is 5.31. The van der Waals surface area contributed by atoms with Gasteiger partial charge in [-0.2, -0.15) is 0 Å². The van der Waals surface area contributed by atoms with Crippen molar-refractivity contribution in [3.63, 3.8) is 0 Å². The molecule has 4 rings (SSSR count). The van der Waals surface area contributed by atoms with Crippen LogP contribution >= 0.6 is 58.9 Å². The zero-order valence-electron chi connectivity index (χ0n) is 16.9. The lowest BCUT2D eigenvalue weighted by Gasteiger charge is -2.15. The molecule has 32 heavy (non-hydrogen) atoms. The van der Waals surface area contributed by atoms with E-state index >= 15 is 0 Å². The standard InChI is InChI=1S/C24H17Cl2NO2S3/c1-31-19-7-4-6-18(13-19)27-23(28)22(32-24(27)30)11-15-5-2-3-8-21(15)29-14-16-9-10-17(25)12-20(16)26/h2-13H,14H2,1H3/b22-11+. The molecule has 0 radical (unpaired) electrons. The minimum atomic E-state index is -0.145. The Bertz CT molecular complexity index is 1230. The summed E-state index contributed by atoms with van der Waals surface area (Å²) in [5.41, 5.74) is 2.38. The Hall–Kier alpha value is -1.96. The Balaban J connectivity index is 1.57. The van der Waals surface area contributed by atoms with Crippen LogP contribution in [-0.4, -0.2) is 16.5 Å². The van der Waals surface area contributed by atoms with Gasteiger partial charge >= 0.3 is 0 Å². The number of rotatable bonds is 6. The molecule has 0 spiro atoms.